The zero-order valence-corrected chi connectivity index (χ0v) is 18.1. The maximum absolute atomic E-state index is 12.3. The van der Waals surface area contributed by atoms with Gasteiger partial charge in [0.25, 0.3) is 0 Å². The van der Waals surface area contributed by atoms with Crippen molar-refractivity contribution in [2.24, 2.45) is 0 Å². The molecule has 1 heterocycles. The second-order valence-electron chi connectivity index (χ2n) is 7.41. The summed E-state index contributed by atoms with van der Waals surface area (Å²) >= 11 is 1.41. The van der Waals surface area contributed by atoms with Crippen molar-refractivity contribution in [2.75, 3.05) is 16.4 Å². The number of amides is 2. The summed E-state index contributed by atoms with van der Waals surface area (Å²) < 4.78 is 0. The van der Waals surface area contributed by atoms with Crippen LogP contribution in [-0.2, 0) is 9.59 Å². The Morgan fingerprint density at radius 3 is 2.19 bits per heavy atom. The second kappa shape index (κ2) is 8.39. The molecule has 0 saturated carbocycles. The van der Waals surface area contributed by atoms with E-state index in [0.717, 1.165) is 33.3 Å². The van der Waals surface area contributed by atoms with Crippen LogP contribution in [0.3, 0.4) is 0 Å². The molecule has 0 unspecified atom stereocenters. The first kappa shape index (κ1) is 20.1. The number of hydrogen-bond donors (Lipinski definition) is 2. The first-order valence-corrected chi connectivity index (χ1v) is 11.1. The molecule has 0 aliphatic heterocycles. The van der Waals surface area contributed by atoms with Gasteiger partial charge in [-0.3, -0.25) is 9.59 Å². The predicted molar refractivity (Wildman–Crippen MR) is 126 cm³/mol. The van der Waals surface area contributed by atoms with Gasteiger partial charge in [0.1, 0.15) is 11.4 Å². The summed E-state index contributed by atoms with van der Waals surface area (Å²) in [4.78, 5) is 28.1. The SMILES string of the molecule is CC(=O)Nc1ccc(NC(=O)CCSc2nnc3c(n2)-c2cccc4cccc-3c24)cc1. The van der Waals surface area contributed by atoms with Crippen LogP contribution in [0.4, 0.5) is 11.4 Å². The summed E-state index contributed by atoms with van der Waals surface area (Å²) in [6, 6.07) is 19.3. The summed E-state index contributed by atoms with van der Waals surface area (Å²) in [5, 5.41) is 17.1. The van der Waals surface area contributed by atoms with Crippen molar-refractivity contribution in [1.29, 1.82) is 0 Å². The standard InChI is InChI=1S/C24H19N5O2S/c1-14(30)25-16-8-10-17(11-9-16)26-20(31)12-13-32-24-27-22-18-6-2-4-15-5-3-7-19(21(15)18)23(22)28-29-24/h2-11H,12-13H2,1H3,(H,25,30)(H,26,31). The zero-order chi connectivity index (χ0) is 22.1. The molecule has 158 valence electrons. The fourth-order valence-corrected chi connectivity index (χ4v) is 4.50. The average molecular weight is 442 g/mol. The number of anilines is 2. The minimum atomic E-state index is -0.136. The highest BCUT2D eigenvalue weighted by atomic mass is 32.2. The minimum Gasteiger partial charge on any atom is -0.326 e. The third-order valence-electron chi connectivity index (χ3n) is 5.13. The third kappa shape index (κ3) is 3.92. The quantitative estimate of drug-likeness (QED) is 0.369. The Morgan fingerprint density at radius 2 is 1.50 bits per heavy atom. The average Bonchev–Trinajstić information content (AvgIpc) is 3.10. The van der Waals surface area contributed by atoms with Crippen LogP contribution in [0.2, 0.25) is 0 Å². The van der Waals surface area contributed by atoms with Crippen molar-refractivity contribution in [3.63, 3.8) is 0 Å². The zero-order valence-electron chi connectivity index (χ0n) is 17.3. The molecule has 1 aliphatic carbocycles. The topological polar surface area (TPSA) is 96.9 Å². The number of carbonyl (C=O) groups is 2. The van der Waals surface area contributed by atoms with E-state index in [9.17, 15) is 9.59 Å². The molecule has 5 rings (SSSR count). The lowest BCUT2D eigenvalue weighted by Crippen LogP contribution is -2.12. The maximum Gasteiger partial charge on any atom is 0.225 e. The van der Waals surface area contributed by atoms with E-state index in [-0.39, 0.29) is 11.8 Å². The van der Waals surface area contributed by atoms with Gasteiger partial charge < -0.3 is 10.6 Å². The van der Waals surface area contributed by atoms with E-state index < -0.39 is 0 Å². The summed E-state index contributed by atoms with van der Waals surface area (Å²) in [6.07, 6.45) is 0.314. The molecule has 0 spiro atoms. The van der Waals surface area contributed by atoms with Crippen LogP contribution < -0.4 is 10.6 Å². The van der Waals surface area contributed by atoms with Gasteiger partial charge in [0, 0.05) is 47.0 Å². The molecule has 4 aromatic rings. The van der Waals surface area contributed by atoms with Gasteiger partial charge in [-0.25, -0.2) is 4.98 Å². The van der Waals surface area contributed by atoms with Gasteiger partial charge in [0.2, 0.25) is 17.0 Å². The van der Waals surface area contributed by atoms with Gasteiger partial charge >= 0.3 is 0 Å². The lowest BCUT2D eigenvalue weighted by molar-refractivity contribution is -0.116. The second-order valence-corrected chi connectivity index (χ2v) is 8.47. The largest absolute Gasteiger partial charge is 0.326 e. The Kier molecular flexibility index (Phi) is 5.28. The van der Waals surface area contributed by atoms with Gasteiger partial charge in [-0.05, 0) is 29.7 Å². The molecule has 0 atom stereocenters. The minimum absolute atomic E-state index is 0.101. The van der Waals surface area contributed by atoms with Crippen LogP contribution in [-0.4, -0.2) is 32.7 Å². The molecule has 2 N–H and O–H groups in total. The normalized spacial score (nSPS) is 11.3. The van der Waals surface area contributed by atoms with Crippen molar-refractivity contribution < 1.29 is 9.59 Å². The van der Waals surface area contributed by atoms with Crippen LogP contribution in [0.25, 0.3) is 33.3 Å². The van der Waals surface area contributed by atoms with Crippen molar-refractivity contribution >= 4 is 45.7 Å². The van der Waals surface area contributed by atoms with Crippen LogP contribution >= 0.6 is 11.8 Å². The molecule has 0 fully saturated rings. The monoisotopic (exact) mass is 441 g/mol. The number of nitrogens with zero attached hydrogens (tertiary/aromatic N) is 3. The third-order valence-corrected chi connectivity index (χ3v) is 5.97. The molecular weight excluding hydrogens is 422 g/mol. The van der Waals surface area contributed by atoms with Crippen molar-refractivity contribution in [2.45, 2.75) is 18.5 Å². The summed E-state index contributed by atoms with van der Waals surface area (Å²) in [6.45, 7) is 1.45. The van der Waals surface area contributed by atoms with Gasteiger partial charge in [-0.1, -0.05) is 48.2 Å². The molecule has 8 heteroatoms. The highest BCUT2D eigenvalue weighted by Crippen LogP contribution is 2.44. The van der Waals surface area contributed by atoms with Crippen LogP contribution in [0.15, 0.2) is 65.8 Å². The predicted octanol–water partition coefficient (Wildman–Crippen LogP) is 4.75. The number of benzene rings is 3. The van der Waals surface area contributed by atoms with E-state index in [4.69, 9.17) is 4.98 Å². The molecule has 7 nitrogen and oxygen atoms in total. The van der Waals surface area contributed by atoms with Crippen molar-refractivity contribution in [3.05, 3.63) is 60.7 Å². The van der Waals surface area contributed by atoms with E-state index in [1.807, 2.05) is 18.2 Å². The molecule has 2 amide bonds. The molecule has 3 aromatic carbocycles. The number of aromatic nitrogens is 3. The Balaban J connectivity index is 1.21. The highest BCUT2D eigenvalue weighted by Gasteiger charge is 2.24. The first-order chi connectivity index (χ1) is 15.6. The Labute approximate surface area is 188 Å². The van der Waals surface area contributed by atoms with E-state index in [0.29, 0.717) is 28.7 Å². The first-order valence-electron chi connectivity index (χ1n) is 10.2. The van der Waals surface area contributed by atoms with Crippen LogP contribution in [0.5, 0.6) is 0 Å². The number of rotatable bonds is 6. The number of thioether (sulfide) groups is 1. The molecule has 0 saturated heterocycles. The molecule has 1 aromatic heterocycles. The number of carbonyl (C=O) groups excluding carboxylic acids is 2. The maximum atomic E-state index is 12.3. The van der Waals surface area contributed by atoms with Crippen LogP contribution in [0.1, 0.15) is 13.3 Å². The smallest absolute Gasteiger partial charge is 0.225 e. The molecule has 32 heavy (non-hydrogen) atoms. The lowest BCUT2D eigenvalue weighted by atomic mass is 10.0. The molecule has 1 aliphatic rings. The van der Waals surface area contributed by atoms with E-state index in [1.165, 1.54) is 18.7 Å². The summed E-state index contributed by atoms with van der Waals surface area (Å²) in [5.41, 5.74) is 5.15. The van der Waals surface area contributed by atoms with Crippen LogP contribution in [0, 0.1) is 0 Å². The van der Waals surface area contributed by atoms with Crippen molar-refractivity contribution in [1.82, 2.24) is 15.2 Å². The van der Waals surface area contributed by atoms with Crippen molar-refractivity contribution in [3.8, 4) is 22.5 Å². The molecule has 0 bridgehead atoms. The van der Waals surface area contributed by atoms with E-state index in [1.54, 1.807) is 24.3 Å². The fourth-order valence-electron chi connectivity index (χ4n) is 3.78. The fraction of sp³-hybridized carbons (Fsp3) is 0.125. The Hall–Kier alpha value is -3.78. The van der Waals surface area contributed by atoms with Gasteiger partial charge in [-0.2, -0.15) is 0 Å². The van der Waals surface area contributed by atoms with Gasteiger partial charge in [-0.15, -0.1) is 10.2 Å². The van der Waals surface area contributed by atoms with E-state index in [2.05, 4.69) is 39.0 Å². The van der Waals surface area contributed by atoms with Gasteiger partial charge in [0.15, 0.2) is 0 Å². The molecular formula is C24H19N5O2S. The summed E-state index contributed by atoms with van der Waals surface area (Å²) in [7, 11) is 0. The number of nitrogens with one attached hydrogen (secondary N) is 2. The lowest BCUT2D eigenvalue weighted by Gasteiger charge is -2.07. The molecule has 0 radical (unpaired) electrons. The number of fused-ring (bicyclic) bond motifs is 3. The summed E-state index contributed by atoms with van der Waals surface area (Å²) in [5.74, 6) is 0.298. The van der Waals surface area contributed by atoms with Gasteiger partial charge in [0.05, 0.1) is 0 Å². The highest BCUT2D eigenvalue weighted by molar-refractivity contribution is 7.99. The number of hydrogen-bond acceptors (Lipinski definition) is 6. The Morgan fingerprint density at radius 1 is 0.844 bits per heavy atom. The van der Waals surface area contributed by atoms with E-state index >= 15 is 0 Å². The Bertz CT molecular complexity index is 1350.